The number of aliphatic hydroxyl groups is 1. The third-order valence-electron chi connectivity index (χ3n) is 3.60. The highest BCUT2D eigenvalue weighted by molar-refractivity contribution is 5.61. The van der Waals surface area contributed by atoms with E-state index >= 15 is 0 Å². The van der Waals surface area contributed by atoms with Crippen LogP contribution in [0.3, 0.4) is 0 Å². The molecule has 1 unspecified atom stereocenters. The zero-order valence-electron chi connectivity index (χ0n) is 10.9. The second-order valence-electron chi connectivity index (χ2n) is 4.97. The summed E-state index contributed by atoms with van der Waals surface area (Å²) in [6.45, 7) is 1.92. The topological polar surface area (TPSA) is 50.5 Å². The van der Waals surface area contributed by atoms with E-state index in [4.69, 9.17) is 5.11 Å². The second-order valence-corrected chi connectivity index (χ2v) is 4.97. The van der Waals surface area contributed by atoms with Gasteiger partial charge in [0.15, 0.2) is 0 Å². The van der Waals surface area contributed by atoms with Crippen LogP contribution in [0.25, 0.3) is 0 Å². The number of rotatable bonds is 3. The van der Waals surface area contributed by atoms with E-state index in [1.165, 1.54) is 0 Å². The summed E-state index contributed by atoms with van der Waals surface area (Å²) in [6, 6.07) is 8.39. The molecule has 1 aromatic carbocycles. The lowest BCUT2D eigenvalue weighted by Crippen LogP contribution is -2.31. The monoisotopic (exact) mass is 245 g/mol. The summed E-state index contributed by atoms with van der Waals surface area (Å²) < 4.78 is 0. The van der Waals surface area contributed by atoms with Gasteiger partial charge in [-0.2, -0.15) is 5.26 Å². The molecule has 0 radical (unpaired) electrons. The molecule has 0 spiro atoms. The maximum atomic E-state index is 9.21. The predicted molar refractivity (Wildman–Crippen MR) is 71.4 cm³/mol. The van der Waals surface area contributed by atoms with Gasteiger partial charge in [0, 0.05) is 19.1 Å². The van der Waals surface area contributed by atoms with Crippen LogP contribution in [0.15, 0.2) is 18.2 Å². The van der Waals surface area contributed by atoms with E-state index in [0.717, 1.165) is 30.8 Å². The maximum absolute atomic E-state index is 9.21. The van der Waals surface area contributed by atoms with Crippen molar-refractivity contribution < 1.29 is 5.11 Å². The number of anilines is 1. The van der Waals surface area contributed by atoms with Crippen molar-refractivity contribution in [3.63, 3.8) is 0 Å². The first kappa shape index (κ1) is 12.9. The van der Waals surface area contributed by atoms with Crippen molar-refractivity contribution in [2.45, 2.75) is 19.1 Å². The van der Waals surface area contributed by atoms with Crippen molar-refractivity contribution in [2.24, 2.45) is 0 Å². The number of hydrogen-bond donors (Lipinski definition) is 1. The first-order valence-corrected chi connectivity index (χ1v) is 6.21. The van der Waals surface area contributed by atoms with Crippen molar-refractivity contribution in [1.29, 1.82) is 5.26 Å². The fourth-order valence-electron chi connectivity index (χ4n) is 2.43. The van der Waals surface area contributed by atoms with E-state index in [9.17, 15) is 5.26 Å². The van der Waals surface area contributed by atoms with Crippen LogP contribution in [0.1, 0.15) is 17.5 Å². The molecule has 1 atom stereocenters. The van der Waals surface area contributed by atoms with Crippen LogP contribution >= 0.6 is 0 Å². The Balaban J connectivity index is 2.22. The van der Waals surface area contributed by atoms with Crippen LogP contribution in [0.2, 0.25) is 0 Å². The normalized spacial score (nSPS) is 19.3. The summed E-state index contributed by atoms with van der Waals surface area (Å²) in [4.78, 5) is 4.48. The lowest BCUT2D eigenvalue weighted by atomic mass is 10.1. The molecule has 1 aliphatic rings. The largest absolute Gasteiger partial charge is 0.392 e. The van der Waals surface area contributed by atoms with Gasteiger partial charge in [0.1, 0.15) is 6.07 Å². The van der Waals surface area contributed by atoms with Gasteiger partial charge in [0.2, 0.25) is 0 Å². The van der Waals surface area contributed by atoms with E-state index < -0.39 is 0 Å². The minimum Gasteiger partial charge on any atom is -0.392 e. The molecule has 1 aliphatic heterocycles. The van der Waals surface area contributed by atoms with Gasteiger partial charge in [-0.25, -0.2) is 0 Å². The van der Waals surface area contributed by atoms with E-state index in [2.05, 4.69) is 30.0 Å². The smallest absolute Gasteiger partial charge is 0.101 e. The fraction of sp³-hybridized carbons (Fsp3) is 0.500. The van der Waals surface area contributed by atoms with Crippen LogP contribution in [0, 0.1) is 11.3 Å². The standard InChI is InChI=1S/C14H19N3O/c1-16(2)13-5-6-17(9-13)14-4-3-11(10-18)7-12(14)8-15/h3-4,7,13,18H,5-6,9-10H2,1-2H3. The minimum atomic E-state index is -0.0186. The average Bonchev–Trinajstić information content (AvgIpc) is 2.87. The van der Waals surface area contributed by atoms with Crippen LogP contribution in [0.5, 0.6) is 0 Å². The molecule has 1 heterocycles. The molecule has 18 heavy (non-hydrogen) atoms. The van der Waals surface area contributed by atoms with E-state index in [0.29, 0.717) is 11.6 Å². The van der Waals surface area contributed by atoms with Gasteiger partial charge in [0.05, 0.1) is 17.9 Å². The lowest BCUT2D eigenvalue weighted by molar-refractivity contribution is 0.282. The molecule has 4 heteroatoms. The zero-order valence-corrected chi connectivity index (χ0v) is 10.9. The Bertz CT molecular complexity index is 465. The maximum Gasteiger partial charge on any atom is 0.101 e. The molecule has 1 saturated heterocycles. The number of aliphatic hydroxyl groups excluding tert-OH is 1. The Hall–Kier alpha value is -1.57. The molecule has 0 amide bonds. The summed E-state index contributed by atoms with van der Waals surface area (Å²) >= 11 is 0. The Morgan fingerprint density at radius 3 is 2.83 bits per heavy atom. The van der Waals surface area contributed by atoms with Crippen LogP contribution in [0.4, 0.5) is 5.69 Å². The molecule has 0 aromatic heterocycles. The lowest BCUT2D eigenvalue weighted by Gasteiger charge is -2.22. The molecule has 2 rings (SSSR count). The molecule has 96 valence electrons. The second kappa shape index (κ2) is 5.38. The first-order chi connectivity index (χ1) is 8.65. The minimum absolute atomic E-state index is 0.0186. The molecule has 0 bridgehead atoms. The number of nitriles is 1. The molecule has 1 N–H and O–H groups in total. The van der Waals surface area contributed by atoms with Crippen molar-refractivity contribution >= 4 is 5.69 Å². The van der Waals surface area contributed by atoms with Gasteiger partial charge < -0.3 is 14.9 Å². The van der Waals surface area contributed by atoms with Gasteiger partial charge in [-0.05, 0) is 38.2 Å². The van der Waals surface area contributed by atoms with Gasteiger partial charge >= 0.3 is 0 Å². The highest BCUT2D eigenvalue weighted by atomic mass is 16.3. The highest BCUT2D eigenvalue weighted by Crippen LogP contribution is 2.26. The molecular formula is C14H19N3O. The first-order valence-electron chi connectivity index (χ1n) is 6.21. The number of likely N-dealkylation sites (N-methyl/N-ethyl adjacent to an activating group) is 1. The Morgan fingerprint density at radius 2 is 2.28 bits per heavy atom. The molecule has 1 fully saturated rings. The SMILES string of the molecule is CN(C)C1CCN(c2ccc(CO)cc2C#N)C1. The Kier molecular flexibility index (Phi) is 3.85. The number of hydrogen-bond acceptors (Lipinski definition) is 4. The van der Waals surface area contributed by atoms with Crippen molar-refractivity contribution in [2.75, 3.05) is 32.1 Å². The third kappa shape index (κ3) is 2.47. The van der Waals surface area contributed by atoms with E-state index in [1.54, 1.807) is 6.07 Å². The summed E-state index contributed by atoms with van der Waals surface area (Å²) in [5.74, 6) is 0. The molecular weight excluding hydrogens is 226 g/mol. The predicted octanol–water partition coefficient (Wildman–Crippen LogP) is 1.19. The van der Waals surface area contributed by atoms with Crippen molar-refractivity contribution in [1.82, 2.24) is 4.90 Å². The van der Waals surface area contributed by atoms with Gasteiger partial charge in [-0.3, -0.25) is 0 Å². The van der Waals surface area contributed by atoms with Crippen LogP contribution in [-0.4, -0.2) is 43.2 Å². The zero-order chi connectivity index (χ0) is 13.1. The quantitative estimate of drug-likeness (QED) is 0.869. The summed E-state index contributed by atoms with van der Waals surface area (Å²) in [5.41, 5.74) is 2.43. The summed E-state index contributed by atoms with van der Waals surface area (Å²) in [6.07, 6.45) is 1.12. The van der Waals surface area contributed by atoms with Gasteiger partial charge in [-0.1, -0.05) is 6.07 Å². The molecule has 1 aromatic rings. The van der Waals surface area contributed by atoms with Crippen LogP contribution in [-0.2, 0) is 6.61 Å². The molecule has 4 nitrogen and oxygen atoms in total. The third-order valence-corrected chi connectivity index (χ3v) is 3.60. The van der Waals surface area contributed by atoms with E-state index in [1.807, 2.05) is 12.1 Å². The number of nitrogens with zero attached hydrogens (tertiary/aromatic N) is 3. The van der Waals surface area contributed by atoms with Crippen molar-refractivity contribution in [3.8, 4) is 6.07 Å². The summed E-state index contributed by atoms with van der Waals surface area (Å²) in [7, 11) is 4.18. The highest BCUT2D eigenvalue weighted by Gasteiger charge is 2.25. The van der Waals surface area contributed by atoms with Gasteiger partial charge in [-0.15, -0.1) is 0 Å². The molecule has 0 saturated carbocycles. The van der Waals surface area contributed by atoms with Crippen LogP contribution < -0.4 is 4.90 Å². The summed E-state index contributed by atoms with van der Waals surface area (Å²) in [5, 5.41) is 18.3. The Morgan fingerprint density at radius 1 is 1.50 bits per heavy atom. The van der Waals surface area contributed by atoms with Gasteiger partial charge in [0.25, 0.3) is 0 Å². The van der Waals surface area contributed by atoms with E-state index in [-0.39, 0.29) is 6.61 Å². The van der Waals surface area contributed by atoms with Crippen molar-refractivity contribution in [3.05, 3.63) is 29.3 Å². The number of benzene rings is 1. The average molecular weight is 245 g/mol. The fourth-order valence-corrected chi connectivity index (χ4v) is 2.43. The Labute approximate surface area is 108 Å². The molecule has 0 aliphatic carbocycles.